The van der Waals surface area contributed by atoms with Gasteiger partial charge in [-0.1, -0.05) is 5.21 Å². The average Bonchev–Trinajstić information content (AvgIpc) is 2.70. The number of hydrogen-bond acceptors (Lipinski definition) is 4. The summed E-state index contributed by atoms with van der Waals surface area (Å²) in [4.78, 5) is 2.42. The minimum atomic E-state index is 0.675. The zero-order chi connectivity index (χ0) is 11.2. The molecule has 1 unspecified atom stereocenters. The Balaban J connectivity index is 1.65. The molecule has 1 aliphatic heterocycles. The fraction of sp³-hybridized carbons (Fsp3) is 0.818. The van der Waals surface area contributed by atoms with Crippen molar-refractivity contribution in [1.29, 1.82) is 0 Å². The number of aromatic nitrogens is 3. The monoisotopic (exact) mass is 223 g/mol. The quantitative estimate of drug-likeness (QED) is 0.800. The van der Waals surface area contributed by atoms with E-state index < -0.39 is 0 Å². The van der Waals surface area contributed by atoms with Gasteiger partial charge in [0, 0.05) is 18.8 Å². The summed E-state index contributed by atoms with van der Waals surface area (Å²) in [5, 5.41) is 11.3. The van der Waals surface area contributed by atoms with Crippen molar-refractivity contribution >= 4 is 0 Å². The highest BCUT2D eigenvalue weighted by Crippen LogP contribution is 2.09. The van der Waals surface area contributed by atoms with Crippen molar-refractivity contribution in [1.82, 2.24) is 25.2 Å². The Labute approximate surface area is 96.8 Å². The van der Waals surface area contributed by atoms with Crippen LogP contribution in [0, 0.1) is 0 Å². The molecule has 1 aromatic heterocycles. The van der Waals surface area contributed by atoms with Gasteiger partial charge >= 0.3 is 0 Å². The third kappa shape index (κ3) is 3.57. The molecule has 1 aliphatic rings. The van der Waals surface area contributed by atoms with Crippen molar-refractivity contribution < 1.29 is 0 Å². The first-order valence-corrected chi connectivity index (χ1v) is 6.10. The van der Waals surface area contributed by atoms with Crippen molar-refractivity contribution in [3.8, 4) is 0 Å². The van der Waals surface area contributed by atoms with Crippen LogP contribution in [0.25, 0.3) is 0 Å². The van der Waals surface area contributed by atoms with Crippen LogP contribution in [-0.4, -0.2) is 52.6 Å². The Hall–Kier alpha value is -0.940. The van der Waals surface area contributed by atoms with Crippen LogP contribution in [0.4, 0.5) is 0 Å². The predicted molar refractivity (Wildman–Crippen MR) is 63.2 cm³/mol. The lowest BCUT2D eigenvalue weighted by molar-refractivity contribution is 0.343. The second-order valence-corrected chi connectivity index (χ2v) is 4.55. The van der Waals surface area contributed by atoms with Gasteiger partial charge in [0.1, 0.15) is 0 Å². The summed E-state index contributed by atoms with van der Waals surface area (Å²) in [5.74, 6) is 0. The van der Waals surface area contributed by atoms with Gasteiger partial charge in [-0.2, -0.15) is 0 Å². The first-order chi connectivity index (χ1) is 7.84. The van der Waals surface area contributed by atoms with Gasteiger partial charge in [0.05, 0.1) is 12.7 Å². The molecular weight excluding hydrogens is 202 g/mol. The van der Waals surface area contributed by atoms with E-state index in [0.717, 1.165) is 13.1 Å². The van der Waals surface area contributed by atoms with Crippen molar-refractivity contribution in [2.45, 2.75) is 31.8 Å². The van der Waals surface area contributed by atoms with E-state index in [-0.39, 0.29) is 0 Å². The largest absolute Gasteiger partial charge is 0.312 e. The standard InChI is InChI=1S/C11H21N5/c1-15-7-2-3-11(4-8-15)12-5-9-16-10-6-13-14-16/h6,10-12H,2-5,7-9H2,1H3. The third-order valence-electron chi connectivity index (χ3n) is 3.20. The van der Waals surface area contributed by atoms with Crippen LogP contribution in [0.3, 0.4) is 0 Å². The SMILES string of the molecule is CN1CCCC(NCCn2ccnn2)CC1. The molecule has 0 aliphatic carbocycles. The zero-order valence-corrected chi connectivity index (χ0v) is 9.97. The van der Waals surface area contributed by atoms with Crippen molar-refractivity contribution in [2.75, 3.05) is 26.7 Å². The highest BCUT2D eigenvalue weighted by molar-refractivity contribution is 4.73. The highest BCUT2D eigenvalue weighted by atomic mass is 15.4. The van der Waals surface area contributed by atoms with Crippen LogP contribution in [0.1, 0.15) is 19.3 Å². The van der Waals surface area contributed by atoms with Crippen molar-refractivity contribution in [2.24, 2.45) is 0 Å². The molecule has 2 heterocycles. The van der Waals surface area contributed by atoms with Crippen LogP contribution in [0.2, 0.25) is 0 Å². The van der Waals surface area contributed by atoms with E-state index in [1.807, 2.05) is 10.9 Å². The molecule has 0 spiro atoms. The lowest BCUT2D eigenvalue weighted by Gasteiger charge is -2.16. The summed E-state index contributed by atoms with van der Waals surface area (Å²) < 4.78 is 1.87. The number of nitrogens with zero attached hydrogens (tertiary/aromatic N) is 4. The second kappa shape index (κ2) is 5.96. The Kier molecular flexibility index (Phi) is 4.30. The fourth-order valence-corrected chi connectivity index (χ4v) is 2.18. The number of rotatable bonds is 4. The van der Waals surface area contributed by atoms with E-state index in [9.17, 15) is 0 Å². The minimum absolute atomic E-state index is 0.675. The molecule has 0 radical (unpaired) electrons. The highest BCUT2D eigenvalue weighted by Gasteiger charge is 2.13. The van der Waals surface area contributed by atoms with Crippen LogP contribution in [-0.2, 0) is 6.54 Å². The Morgan fingerprint density at radius 2 is 2.31 bits per heavy atom. The van der Waals surface area contributed by atoms with E-state index in [1.54, 1.807) is 6.20 Å². The fourth-order valence-electron chi connectivity index (χ4n) is 2.18. The third-order valence-corrected chi connectivity index (χ3v) is 3.20. The summed E-state index contributed by atoms with van der Waals surface area (Å²) in [6.45, 7) is 4.34. The molecule has 90 valence electrons. The summed E-state index contributed by atoms with van der Waals surface area (Å²) in [6, 6.07) is 0.675. The summed E-state index contributed by atoms with van der Waals surface area (Å²) in [5.41, 5.74) is 0. The number of hydrogen-bond donors (Lipinski definition) is 1. The summed E-state index contributed by atoms with van der Waals surface area (Å²) in [6.07, 6.45) is 7.48. The Bertz CT molecular complexity index is 285. The molecule has 1 saturated heterocycles. The second-order valence-electron chi connectivity index (χ2n) is 4.55. The lowest BCUT2D eigenvalue weighted by atomic mass is 10.1. The molecule has 1 aromatic rings. The Morgan fingerprint density at radius 1 is 1.38 bits per heavy atom. The van der Waals surface area contributed by atoms with Crippen LogP contribution >= 0.6 is 0 Å². The molecule has 16 heavy (non-hydrogen) atoms. The van der Waals surface area contributed by atoms with Gasteiger partial charge in [0.25, 0.3) is 0 Å². The van der Waals surface area contributed by atoms with Gasteiger partial charge in [-0.3, -0.25) is 4.68 Å². The first-order valence-electron chi connectivity index (χ1n) is 6.10. The van der Waals surface area contributed by atoms with Gasteiger partial charge in [0.15, 0.2) is 0 Å². The lowest BCUT2D eigenvalue weighted by Crippen LogP contribution is -2.32. The molecule has 0 aromatic carbocycles. The topological polar surface area (TPSA) is 46.0 Å². The minimum Gasteiger partial charge on any atom is -0.312 e. The number of likely N-dealkylation sites (tertiary alicyclic amines) is 1. The van der Waals surface area contributed by atoms with Gasteiger partial charge in [-0.15, -0.1) is 5.10 Å². The Morgan fingerprint density at radius 3 is 3.12 bits per heavy atom. The van der Waals surface area contributed by atoms with Gasteiger partial charge in [-0.25, -0.2) is 0 Å². The van der Waals surface area contributed by atoms with Crippen LogP contribution in [0.5, 0.6) is 0 Å². The summed E-state index contributed by atoms with van der Waals surface area (Å²) in [7, 11) is 2.21. The first kappa shape index (κ1) is 11.5. The van der Waals surface area contributed by atoms with Crippen LogP contribution < -0.4 is 5.32 Å². The van der Waals surface area contributed by atoms with E-state index >= 15 is 0 Å². The maximum Gasteiger partial charge on any atom is 0.0692 e. The van der Waals surface area contributed by atoms with E-state index in [4.69, 9.17) is 0 Å². The molecule has 1 N–H and O–H groups in total. The van der Waals surface area contributed by atoms with Gasteiger partial charge < -0.3 is 10.2 Å². The molecule has 0 saturated carbocycles. The van der Waals surface area contributed by atoms with Crippen LogP contribution in [0.15, 0.2) is 12.4 Å². The van der Waals surface area contributed by atoms with Crippen molar-refractivity contribution in [3.05, 3.63) is 12.4 Å². The van der Waals surface area contributed by atoms with E-state index in [0.29, 0.717) is 6.04 Å². The smallest absolute Gasteiger partial charge is 0.0692 e. The molecule has 5 nitrogen and oxygen atoms in total. The van der Waals surface area contributed by atoms with E-state index in [2.05, 4.69) is 27.6 Å². The van der Waals surface area contributed by atoms with Gasteiger partial charge in [0.2, 0.25) is 0 Å². The molecule has 0 bridgehead atoms. The molecule has 1 atom stereocenters. The maximum atomic E-state index is 3.95. The molecule has 2 rings (SSSR count). The summed E-state index contributed by atoms with van der Waals surface area (Å²) >= 11 is 0. The van der Waals surface area contributed by atoms with E-state index in [1.165, 1.54) is 32.4 Å². The zero-order valence-electron chi connectivity index (χ0n) is 9.97. The molecule has 1 fully saturated rings. The molecule has 5 heteroatoms. The normalized spacial score (nSPS) is 23.2. The van der Waals surface area contributed by atoms with Crippen molar-refractivity contribution in [3.63, 3.8) is 0 Å². The molecular formula is C11H21N5. The average molecular weight is 223 g/mol. The maximum absolute atomic E-state index is 3.95. The number of nitrogens with one attached hydrogen (secondary N) is 1. The van der Waals surface area contributed by atoms with Gasteiger partial charge in [-0.05, 0) is 39.4 Å². The molecule has 0 amide bonds. The predicted octanol–water partition coefficient (Wildman–Crippen LogP) is 0.352.